The van der Waals surface area contributed by atoms with E-state index in [4.69, 9.17) is 14.9 Å². The number of anilines is 1. The number of ether oxygens (including phenoxy) is 1. The van der Waals surface area contributed by atoms with Crippen molar-refractivity contribution in [2.45, 2.75) is 17.9 Å². The topological polar surface area (TPSA) is 117 Å². The normalized spacial score (nSPS) is 15.5. The molecular formula is C26H24N6O2S. The predicted octanol–water partition coefficient (Wildman–Crippen LogP) is 4.54. The third-order valence-electron chi connectivity index (χ3n) is 5.88. The van der Waals surface area contributed by atoms with Crippen LogP contribution in [-0.4, -0.2) is 29.0 Å². The lowest BCUT2D eigenvalue weighted by atomic mass is 9.94. The number of H-pyrrole nitrogens is 1. The summed E-state index contributed by atoms with van der Waals surface area (Å²) in [5.74, 6) is 1.22. The van der Waals surface area contributed by atoms with Gasteiger partial charge in [-0.2, -0.15) is 5.10 Å². The van der Waals surface area contributed by atoms with Crippen molar-refractivity contribution in [3.8, 4) is 5.75 Å². The smallest absolute Gasteiger partial charge is 0.255 e. The molecule has 1 aliphatic rings. The molecule has 0 aliphatic carbocycles. The van der Waals surface area contributed by atoms with E-state index >= 15 is 0 Å². The summed E-state index contributed by atoms with van der Waals surface area (Å²) >= 11 is 1.18. The van der Waals surface area contributed by atoms with Gasteiger partial charge in [0.25, 0.3) is 5.91 Å². The van der Waals surface area contributed by atoms with Crippen molar-refractivity contribution in [2.24, 2.45) is 10.1 Å². The number of methoxy groups -OCH3 is 1. The van der Waals surface area contributed by atoms with Crippen molar-refractivity contribution < 1.29 is 9.53 Å². The lowest BCUT2D eigenvalue weighted by Gasteiger charge is -2.27. The zero-order chi connectivity index (χ0) is 24.4. The first-order chi connectivity index (χ1) is 17.1. The van der Waals surface area contributed by atoms with Crippen LogP contribution < -0.4 is 20.5 Å². The molecule has 0 bridgehead atoms. The van der Waals surface area contributed by atoms with E-state index in [9.17, 15) is 4.79 Å². The van der Waals surface area contributed by atoms with E-state index in [-0.39, 0.29) is 5.91 Å². The number of amides is 1. The predicted molar refractivity (Wildman–Crippen MR) is 139 cm³/mol. The van der Waals surface area contributed by atoms with Crippen LogP contribution in [0.1, 0.15) is 24.1 Å². The molecule has 8 nitrogen and oxygen atoms in total. The SMILES string of the molecule is COc1ccc(C2=NC(c3ccc(SN)cc3)C(C(=O)Nc3ccc4[nH]ncc4c3)=C(C)N2)cc1. The maximum atomic E-state index is 13.5. The zero-order valence-electron chi connectivity index (χ0n) is 19.2. The van der Waals surface area contributed by atoms with Gasteiger partial charge in [0.1, 0.15) is 17.6 Å². The molecule has 1 amide bonds. The molecule has 1 aliphatic heterocycles. The Kier molecular flexibility index (Phi) is 6.26. The summed E-state index contributed by atoms with van der Waals surface area (Å²) in [6.45, 7) is 1.89. The van der Waals surface area contributed by atoms with Gasteiger partial charge in [0.05, 0.1) is 24.4 Å². The number of benzene rings is 3. The number of aromatic nitrogens is 2. The second-order valence-electron chi connectivity index (χ2n) is 8.09. The number of hydrogen-bond acceptors (Lipinski definition) is 7. The van der Waals surface area contributed by atoms with Crippen LogP contribution in [0.5, 0.6) is 5.75 Å². The minimum absolute atomic E-state index is 0.224. The minimum Gasteiger partial charge on any atom is -0.497 e. The van der Waals surface area contributed by atoms with Crippen molar-refractivity contribution in [1.29, 1.82) is 0 Å². The first-order valence-electron chi connectivity index (χ1n) is 11.0. The van der Waals surface area contributed by atoms with Crippen molar-refractivity contribution >= 4 is 40.3 Å². The molecule has 4 aromatic rings. The van der Waals surface area contributed by atoms with Crippen LogP contribution in [0.2, 0.25) is 0 Å². The van der Waals surface area contributed by atoms with Crippen molar-refractivity contribution in [2.75, 3.05) is 12.4 Å². The monoisotopic (exact) mass is 484 g/mol. The van der Waals surface area contributed by atoms with Gasteiger partial charge < -0.3 is 15.4 Å². The fourth-order valence-electron chi connectivity index (χ4n) is 4.05. The molecule has 1 atom stereocenters. The quantitative estimate of drug-likeness (QED) is 0.299. The van der Waals surface area contributed by atoms with Gasteiger partial charge in [0.15, 0.2) is 0 Å². The average Bonchev–Trinajstić information content (AvgIpc) is 3.36. The second-order valence-corrected chi connectivity index (χ2v) is 8.79. The first-order valence-corrected chi connectivity index (χ1v) is 11.8. The Hall–Kier alpha value is -4.08. The number of aliphatic imine (C=N–C) groups is 1. The molecule has 0 saturated carbocycles. The van der Waals surface area contributed by atoms with Gasteiger partial charge in [0, 0.05) is 27.2 Å². The van der Waals surface area contributed by atoms with Gasteiger partial charge in [-0.05, 0) is 79.0 Å². The van der Waals surface area contributed by atoms with Gasteiger partial charge in [0.2, 0.25) is 0 Å². The Morgan fingerprint density at radius 3 is 2.57 bits per heavy atom. The van der Waals surface area contributed by atoms with Gasteiger partial charge >= 0.3 is 0 Å². The molecule has 0 spiro atoms. The van der Waals surface area contributed by atoms with Crippen LogP contribution in [0.25, 0.3) is 10.9 Å². The molecule has 35 heavy (non-hydrogen) atoms. The third kappa shape index (κ3) is 4.64. The Morgan fingerprint density at radius 1 is 1.09 bits per heavy atom. The van der Waals surface area contributed by atoms with E-state index in [0.717, 1.165) is 38.4 Å². The molecule has 9 heteroatoms. The van der Waals surface area contributed by atoms with Crippen molar-refractivity contribution in [3.63, 3.8) is 0 Å². The number of rotatable bonds is 6. The summed E-state index contributed by atoms with van der Waals surface area (Å²) in [6.07, 6.45) is 1.73. The van der Waals surface area contributed by atoms with E-state index in [0.29, 0.717) is 17.1 Å². The number of amidine groups is 1. The summed E-state index contributed by atoms with van der Waals surface area (Å²) in [4.78, 5) is 19.4. The van der Waals surface area contributed by atoms with Gasteiger partial charge in [-0.3, -0.25) is 20.0 Å². The number of aromatic amines is 1. The van der Waals surface area contributed by atoms with E-state index in [1.54, 1.807) is 13.3 Å². The minimum atomic E-state index is -0.497. The number of carbonyl (C=O) groups excluding carboxylic acids is 1. The van der Waals surface area contributed by atoms with E-state index in [1.165, 1.54) is 11.9 Å². The van der Waals surface area contributed by atoms with Crippen LogP contribution >= 0.6 is 11.9 Å². The highest BCUT2D eigenvalue weighted by molar-refractivity contribution is 7.97. The highest BCUT2D eigenvalue weighted by Crippen LogP contribution is 2.33. The van der Waals surface area contributed by atoms with Crippen molar-refractivity contribution in [1.82, 2.24) is 15.5 Å². The van der Waals surface area contributed by atoms with Crippen molar-refractivity contribution in [3.05, 3.63) is 95.3 Å². The number of nitrogens with one attached hydrogen (secondary N) is 3. The number of allylic oxidation sites excluding steroid dienone is 1. The van der Waals surface area contributed by atoms with Crippen LogP contribution in [0.4, 0.5) is 5.69 Å². The molecule has 1 unspecified atom stereocenters. The highest BCUT2D eigenvalue weighted by Gasteiger charge is 2.30. The molecule has 176 valence electrons. The Morgan fingerprint density at radius 2 is 1.86 bits per heavy atom. The maximum absolute atomic E-state index is 13.5. The number of fused-ring (bicyclic) bond motifs is 1. The van der Waals surface area contributed by atoms with E-state index in [1.807, 2.05) is 73.7 Å². The number of nitrogens with two attached hydrogens (primary N) is 1. The van der Waals surface area contributed by atoms with Crippen LogP contribution in [0.15, 0.2) is 94.1 Å². The molecule has 2 heterocycles. The van der Waals surface area contributed by atoms with E-state index < -0.39 is 6.04 Å². The summed E-state index contributed by atoms with van der Waals surface area (Å²) < 4.78 is 5.28. The molecule has 3 aromatic carbocycles. The van der Waals surface area contributed by atoms with Gasteiger partial charge in [-0.15, -0.1) is 0 Å². The molecule has 5 N–H and O–H groups in total. The Balaban J connectivity index is 1.51. The highest BCUT2D eigenvalue weighted by atomic mass is 32.2. The fraction of sp³-hybridized carbons (Fsp3) is 0.115. The molecule has 0 saturated heterocycles. The third-order valence-corrected chi connectivity index (χ3v) is 6.42. The van der Waals surface area contributed by atoms with Gasteiger partial charge in [-0.1, -0.05) is 12.1 Å². The van der Waals surface area contributed by atoms with Crippen LogP contribution in [0.3, 0.4) is 0 Å². The molecule has 0 fully saturated rings. The summed E-state index contributed by atoms with van der Waals surface area (Å²) in [5.41, 5.74) is 4.65. The number of hydrogen-bond donors (Lipinski definition) is 4. The second kappa shape index (κ2) is 9.65. The zero-order valence-corrected chi connectivity index (χ0v) is 20.0. The summed E-state index contributed by atoms with van der Waals surface area (Å²) in [5, 5.41) is 19.9. The standard InChI is InChI=1S/C26H24N6O2S/c1-15-23(26(33)30-19-7-12-22-18(13-19)14-28-32-22)24(16-5-10-21(35-27)11-6-16)31-25(29-15)17-3-8-20(34-2)9-4-17/h3-14,24H,27H2,1-2H3,(H,28,32)(H,29,31)(H,30,33). The summed E-state index contributed by atoms with van der Waals surface area (Å²) in [6, 6.07) is 20.5. The largest absolute Gasteiger partial charge is 0.497 e. The Bertz CT molecular complexity index is 1440. The lowest BCUT2D eigenvalue weighted by molar-refractivity contribution is -0.113. The molecule has 1 aromatic heterocycles. The van der Waals surface area contributed by atoms with Crippen LogP contribution in [-0.2, 0) is 4.79 Å². The lowest BCUT2D eigenvalue weighted by Crippen LogP contribution is -2.34. The Labute approximate surface area is 206 Å². The first kappa shape index (κ1) is 22.7. The maximum Gasteiger partial charge on any atom is 0.255 e. The van der Waals surface area contributed by atoms with E-state index in [2.05, 4.69) is 20.8 Å². The average molecular weight is 485 g/mol. The number of nitrogens with zero attached hydrogens (tertiary/aromatic N) is 2. The summed E-state index contributed by atoms with van der Waals surface area (Å²) in [7, 11) is 1.63. The number of carbonyl (C=O) groups is 1. The molecular weight excluding hydrogens is 460 g/mol. The van der Waals surface area contributed by atoms with Gasteiger partial charge in [-0.25, -0.2) is 0 Å². The molecule has 5 rings (SSSR count). The fourth-order valence-corrected chi connectivity index (χ4v) is 4.35. The molecule has 0 radical (unpaired) electrons. The van der Waals surface area contributed by atoms with Crippen LogP contribution in [0, 0.1) is 0 Å².